The van der Waals surface area contributed by atoms with Crippen LogP contribution in [0.3, 0.4) is 0 Å². The Labute approximate surface area is 193 Å². The van der Waals surface area contributed by atoms with E-state index >= 15 is 0 Å². The van der Waals surface area contributed by atoms with E-state index < -0.39 is 81.3 Å². The third kappa shape index (κ3) is 3.56. The molecule has 12 heteroatoms. The Kier molecular flexibility index (Phi) is 6.05. The molecule has 1 atom stereocenters. The van der Waals surface area contributed by atoms with Crippen LogP contribution in [0.1, 0.15) is 13.3 Å². The average Bonchev–Trinajstić information content (AvgIpc) is 3.38. The zero-order valence-corrected chi connectivity index (χ0v) is 18.2. The van der Waals surface area contributed by atoms with Crippen molar-refractivity contribution < 1.29 is 43.9 Å². The zero-order chi connectivity index (χ0) is 26.1. The largest absolute Gasteiger partial charge is 0.380 e. The van der Waals surface area contributed by atoms with Gasteiger partial charge >= 0.3 is 0 Å². The number of rotatable bonds is 4. The van der Waals surface area contributed by atoms with Gasteiger partial charge in [0.2, 0.25) is 0 Å². The summed E-state index contributed by atoms with van der Waals surface area (Å²) >= 11 is 0. The maximum Gasteiger partial charge on any atom is 0.257 e. The minimum absolute atomic E-state index is 0.218. The van der Waals surface area contributed by atoms with Crippen molar-refractivity contribution in [2.24, 2.45) is 5.92 Å². The molecule has 0 N–H and O–H groups in total. The summed E-state index contributed by atoms with van der Waals surface area (Å²) in [6, 6.07) is 0. The Morgan fingerprint density at radius 3 is 1.37 bits per heavy atom. The van der Waals surface area contributed by atoms with Crippen LogP contribution in [0.25, 0.3) is 0 Å². The van der Waals surface area contributed by atoms with Crippen molar-refractivity contribution in [3.05, 3.63) is 92.6 Å². The molecule has 0 saturated carbocycles. The fourth-order valence-corrected chi connectivity index (χ4v) is 4.54. The first-order valence-corrected chi connectivity index (χ1v) is 10.2. The SMILES string of the molecule is C[C@@H]1CC(N(C)C)=C2C=C(B(c3c(F)c(F)c(F)c(F)c3F)c3c(F)c(F)c(F)c(F)c3F)C=C21. The monoisotopic (exact) mass is 505 g/mol. The summed E-state index contributed by atoms with van der Waals surface area (Å²) in [5.41, 5.74) is -2.24. The van der Waals surface area contributed by atoms with E-state index in [4.69, 9.17) is 0 Å². The number of nitrogens with zero attached hydrogens (tertiary/aromatic N) is 1. The molecular weight excluding hydrogens is 491 g/mol. The molecule has 1 nitrogen and oxygen atoms in total. The predicted molar refractivity (Wildman–Crippen MR) is 108 cm³/mol. The second kappa shape index (κ2) is 8.49. The number of halogens is 10. The third-order valence-corrected chi connectivity index (χ3v) is 6.22. The van der Waals surface area contributed by atoms with Crippen molar-refractivity contribution in [1.29, 1.82) is 0 Å². The van der Waals surface area contributed by atoms with Crippen LogP contribution in [0.4, 0.5) is 43.9 Å². The molecule has 0 aromatic heterocycles. The fraction of sp³-hybridized carbons (Fsp3) is 0.217. The van der Waals surface area contributed by atoms with E-state index in [0.717, 1.165) is 0 Å². The molecule has 0 heterocycles. The lowest BCUT2D eigenvalue weighted by Crippen LogP contribution is -2.52. The summed E-state index contributed by atoms with van der Waals surface area (Å²) in [6.45, 7) is -0.796. The molecule has 0 bridgehead atoms. The first-order valence-electron chi connectivity index (χ1n) is 10.2. The lowest BCUT2D eigenvalue weighted by Gasteiger charge is -2.20. The van der Waals surface area contributed by atoms with Gasteiger partial charge in [-0.3, -0.25) is 0 Å². The van der Waals surface area contributed by atoms with Gasteiger partial charge in [0.25, 0.3) is 6.71 Å². The lowest BCUT2D eigenvalue weighted by molar-refractivity contribution is 0.382. The van der Waals surface area contributed by atoms with Crippen molar-refractivity contribution >= 4 is 17.6 Å². The summed E-state index contributed by atoms with van der Waals surface area (Å²) in [6.07, 6.45) is 2.90. The summed E-state index contributed by atoms with van der Waals surface area (Å²) in [7, 11) is 3.35. The molecule has 0 fully saturated rings. The van der Waals surface area contributed by atoms with Crippen LogP contribution >= 0.6 is 0 Å². The minimum atomic E-state index is -2.55. The molecule has 0 radical (unpaired) electrons. The van der Waals surface area contributed by atoms with E-state index in [9.17, 15) is 43.9 Å². The third-order valence-electron chi connectivity index (χ3n) is 6.22. The van der Waals surface area contributed by atoms with Crippen molar-refractivity contribution in [2.75, 3.05) is 14.1 Å². The van der Waals surface area contributed by atoms with Crippen molar-refractivity contribution in [3.8, 4) is 0 Å². The molecule has 2 aromatic rings. The smallest absolute Gasteiger partial charge is 0.257 e. The fourth-order valence-electron chi connectivity index (χ4n) is 4.54. The van der Waals surface area contributed by atoms with Gasteiger partial charge in [0.05, 0.1) is 0 Å². The molecule has 0 spiro atoms. The van der Waals surface area contributed by atoms with Crippen LogP contribution in [0.15, 0.2) is 34.5 Å². The van der Waals surface area contributed by atoms with Crippen LogP contribution in [-0.2, 0) is 0 Å². The topological polar surface area (TPSA) is 3.24 Å². The Morgan fingerprint density at radius 1 is 0.629 bits per heavy atom. The maximum absolute atomic E-state index is 14.8. The summed E-state index contributed by atoms with van der Waals surface area (Å²) in [5.74, 6) is -24.8. The van der Waals surface area contributed by atoms with Gasteiger partial charge in [0.15, 0.2) is 58.2 Å². The summed E-state index contributed by atoms with van der Waals surface area (Å²) in [5, 5.41) is 0. The van der Waals surface area contributed by atoms with Crippen LogP contribution in [0.5, 0.6) is 0 Å². The van der Waals surface area contributed by atoms with Crippen LogP contribution in [-0.4, -0.2) is 25.7 Å². The maximum atomic E-state index is 14.8. The lowest BCUT2D eigenvalue weighted by atomic mass is 9.35. The summed E-state index contributed by atoms with van der Waals surface area (Å²) < 4.78 is 143. The second-order valence-electron chi connectivity index (χ2n) is 8.50. The highest BCUT2D eigenvalue weighted by atomic mass is 19.2. The van der Waals surface area contributed by atoms with Crippen molar-refractivity contribution in [1.82, 2.24) is 4.90 Å². The van der Waals surface area contributed by atoms with E-state index in [2.05, 4.69) is 0 Å². The first-order chi connectivity index (χ1) is 16.3. The molecule has 0 aliphatic heterocycles. The molecule has 2 aliphatic carbocycles. The Balaban J connectivity index is 2.13. The number of hydrogen-bond donors (Lipinski definition) is 0. The Hall–Kier alpha value is -3.18. The Bertz CT molecular complexity index is 1250. The molecule has 0 unspecified atom stereocenters. The average molecular weight is 505 g/mol. The standard InChI is InChI=1S/C23H14BF10N/c1-7-4-11(35(2)3)10-6-8(5-9(7)10)24(12-14(25)18(29)22(33)19(30)15(12)26)13-16(27)20(31)23(34)21(32)17(13)28/h5-7H,4H2,1-3H3/t7-/m1/s1. The Morgan fingerprint density at radius 2 is 1.00 bits per heavy atom. The van der Waals surface area contributed by atoms with E-state index in [1.807, 2.05) is 0 Å². The van der Waals surface area contributed by atoms with Gasteiger partial charge in [-0.2, -0.15) is 0 Å². The van der Waals surface area contributed by atoms with Gasteiger partial charge < -0.3 is 4.90 Å². The molecule has 4 rings (SSSR count). The predicted octanol–water partition coefficient (Wildman–Crippen LogP) is 4.95. The van der Waals surface area contributed by atoms with Gasteiger partial charge in [-0.05, 0) is 23.5 Å². The van der Waals surface area contributed by atoms with Crippen molar-refractivity contribution in [3.63, 3.8) is 0 Å². The number of benzene rings is 2. The molecule has 2 aliphatic rings. The zero-order valence-electron chi connectivity index (χ0n) is 18.2. The van der Waals surface area contributed by atoms with Crippen LogP contribution in [0.2, 0.25) is 0 Å². The van der Waals surface area contributed by atoms with Gasteiger partial charge in [-0.25, -0.2) is 43.9 Å². The van der Waals surface area contributed by atoms with Crippen LogP contribution < -0.4 is 10.9 Å². The number of hydrogen-bond acceptors (Lipinski definition) is 1. The van der Waals surface area contributed by atoms with Gasteiger partial charge in [-0.1, -0.05) is 24.5 Å². The van der Waals surface area contributed by atoms with Crippen LogP contribution in [0, 0.1) is 64.1 Å². The van der Waals surface area contributed by atoms with Gasteiger partial charge in [-0.15, -0.1) is 0 Å². The van der Waals surface area contributed by atoms with E-state index in [1.54, 1.807) is 25.9 Å². The highest BCUT2D eigenvalue weighted by Gasteiger charge is 2.43. The van der Waals surface area contributed by atoms with Gasteiger partial charge in [0.1, 0.15) is 0 Å². The normalized spacial score (nSPS) is 17.1. The highest BCUT2D eigenvalue weighted by Crippen LogP contribution is 2.43. The number of fused-ring (bicyclic) bond motifs is 1. The van der Waals surface area contributed by atoms with E-state index in [-0.39, 0.29) is 5.92 Å². The second-order valence-corrected chi connectivity index (χ2v) is 8.50. The molecule has 2 aromatic carbocycles. The summed E-state index contributed by atoms with van der Waals surface area (Å²) in [4.78, 5) is 1.69. The van der Waals surface area contributed by atoms with Gasteiger partial charge in [0, 0.05) is 30.7 Å². The number of allylic oxidation sites excluding steroid dienone is 6. The van der Waals surface area contributed by atoms with E-state index in [1.165, 1.54) is 12.2 Å². The molecule has 0 saturated heterocycles. The quantitative estimate of drug-likeness (QED) is 0.246. The molecule has 35 heavy (non-hydrogen) atoms. The minimum Gasteiger partial charge on any atom is -0.380 e. The molecule has 184 valence electrons. The highest BCUT2D eigenvalue weighted by molar-refractivity contribution is 6.91. The van der Waals surface area contributed by atoms with Crippen molar-refractivity contribution in [2.45, 2.75) is 13.3 Å². The molecule has 0 amide bonds. The first kappa shape index (κ1) is 24.9. The molecular formula is C23H14BF10N. The van der Waals surface area contributed by atoms with E-state index in [0.29, 0.717) is 23.3 Å².